The zero-order valence-electron chi connectivity index (χ0n) is 10.9. The smallest absolute Gasteiger partial charge is 0.310 e. The summed E-state index contributed by atoms with van der Waals surface area (Å²) in [5.74, 6) is -0.283. The zero-order chi connectivity index (χ0) is 13.0. The maximum atomic E-state index is 11.8. The van der Waals surface area contributed by atoms with Crippen LogP contribution in [-0.4, -0.2) is 23.5 Å². The molecule has 1 amide bonds. The van der Waals surface area contributed by atoms with Crippen molar-refractivity contribution < 1.29 is 14.7 Å². The van der Waals surface area contributed by atoms with Crippen LogP contribution in [0.2, 0.25) is 0 Å². The fourth-order valence-corrected chi connectivity index (χ4v) is 3.09. The first kappa shape index (κ1) is 13.4. The Bertz CT molecular complexity index is 317. The first-order chi connectivity index (χ1) is 8.62. The zero-order valence-corrected chi connectivity index (χ0v) is 10.9. The molecule has 0 unspecified atom stereocenters. The minimum absolute atomic E-state index is 0.0809. The van der Waals surface area contributed by atoms with Gasteiger partial charge in [0.05, 0.1) is 5.41 Å². The third-order valence-corrected chi connectivity index (χ3v) is 4.58. The number of hydrogen-bond donors (Lipinski definition) is 2. The van der Waals surface area contributed by atoms with E-state index >= 15 is 0 Å². The molecular formula is C14H23NO3. The molecular weight excluding hydrogens is 230 g/mol. The maximum Gasteiger partial charge on any atom is 0.310 e. The SMILES string of the molecule is O=C(CC1(C(=O)O)CCC1)NCC1CCCCC1. The van der Waals surface area contributed by atoms with Crippen molar-refractivity contribution in [3.8, 4) is 0 Å². The van der Waals surface area contributed by atoms with Gasteiger partial charge in [-0.05, 0) is 31.6 Å². The number of carboxylic acids is 1. The van der Waals surface area contributed by atoms with E-state index in [9.17, 15) is 9.59 Å². The second kappa shape index (κ2) is 5.72. The molecule has 0 aliphatic heterocycles. The minimum Gasteiger partial charge on any atom is -0.481 e. The lowest BCUT2D eigenvalue weighted by Crippen LogP contribution is -2.43. The van der Waals surface area contributed by atoms with Gasteiger partial charge in [0.2, 0.25) is 5.91 Å². The first-order valence-corrected chi connectivity index (χ1v) is 7.12. The van der Waals surface area contributed by atoms with E-state index in [-0.39, 0.29) is 12.3 Å². The normalized spacial score (nSPS) is 23.1. The van der Waals surface area contributed by atoms with E-state index in [0.29, 0.717) is 18.8 Å². The van der Waals surface area contributed by atoms with Gasteiger partial charge in [-0.1, -0.05) is 25.7 Å². The van der Waals surface area contributed by atoms with E-state index < -0.39 is 11.4 Å². The Hall–Kier alpha value is -1.06. The number of carboxylic acid groups (broad SMARTS) is 1. The number of aliphatic carboxylic acids is 1. The maximum absolute atomic E-state index is 11.8. The Labute approximate surface area is 108 Å². The largest absolute Gasteiger partial charge is 0.481 e. The molecule has 0 heterocycles. The molecule has 2 aliphatic carbocycles. The Morgan fingerprint density at radius 1 is 1.11 bits per heavy atom. The molecule has 2 saturated carbocycles. The van der Waals surface area contributed by atoms with E-state index in [2.05, 4.69) is 5.32 Å². The fraction of sp³-hybridized carbons (Fsp3) is 0.857. The van der Waals surface area contributed by atoms with Crippen molar-refractivity contribution in [1.82, 2.24) is 5.32 Å². The number of hydrogen-bond acceptors (Lipinski definition) is 2. The summed E-state index contributed by atoms with van der Waals surface area (Å²) in [7, 11) is 0. The molecule has 2 fully saturated rings. The van der Waals surface area contributed by atoms with Gasteiger partial charge in [-0.15, -0.1) is 0 Å². The molecule has 0 radical (unpaired) electrons. The van der Waals surface area contributed by atoms with Crippen LogP contribution in [0.3, 0.4) is 0 Å². The van der Waals surface area contributed by atoms with E-state index in [0.717, 1.165) is 13.0 Å². The molecule has 0 aromatic heterocycles. The number of nitrogens with one attached hydrogen (secondary N) is 1. The predicted octanol–water partition coefficient (Wildman–Crippen LogP) is 2.33. The lowest BCUT2D eigenvalue weighted by atomic mass is 9.66. The molecule has 0 aromatic carbocycles. The molecule has 0 spiro atoms. The molecule has 102 valence electrons. The summed E-state index contributed by atoms with van der Waals surface area (Å²) < 4.78 is 0. The third kappa shape index (κ3) is 3.03. The van der Waals surface area contributed by atoms with Gasteiger partial charge in [0.15, 0.2) is 0 Å². The highest BCUT2D eigenvalue weighted by molar-refractivity contribution is 5.85. The van der Waals surface area contributed by atoms with E-state index in [1.165, 1.54) is 32.1 Å². The van der Waals surface area contributed by atoms with Gasteiger partial charge in [-0.2, -0.15) is 0 Å². The summed E-state index contributed by atoms with van der Waals surface area (Å²) in [4.78, 5) is 23.0. The summed E-state index contributed by atoms with van der Waals surface area (Å²) in [5, 5.41) is 12.1. The summed E-state index contributed by atoms with van der Waals surface area (Å²) in [6.07, 6.45) is 8.64. The van der Waals surface area contributed by atoms with E-state index in [1.807, 2.05) is 0 Å². The molecule has 2 aliphatic rings. The number of rotatable bonds is 5. The van der Waals surface area contributed by atoms with Crippen LogP contribution in [0.4, 0.5) is 0 Å². The van der Waals surface area contributed by atoms with Gasteiger partial charge in [0, 0.05) is 13.0 Å². The lowest BCUT2D eigenvalue weighted by Gasteiger charge is -2.37. The summed E-state index contributed by atoms with van der Waals surface area (Å²) >= 11 is 0. The van der Waals surface area contributed by atoms with Crippen LogP contribution in [0.1, 0.15) is 57.8 Å². The summed E-state index contributed by atoms with van der Waals surface area (Å²) in [6, 6.07) is 0. The average Bonchev–Trinajstić information content (AvgIpc) is 2.32. The first-order valence-electron chi connectivity index (χ1n) is 7.12. The fourth-order valence-electron chi connectivity index (χ4n) is 3.09. The molecule has 0 bridgehead atoms. The Balaban J connectivity index is 1.73. The Morgan fingerprint density at radius 3 is 2.28 bits per heavy atom. The predicted molar refractivity (Wildman–Crippen MR) is 68.1 cm³/mol. The number of amides is 1. The van der Waals surface area contributed by atoms with Crippen molar-refractivity contribution in [1.29, 1.82) is 0 Å². The summed E-state index contributed by atoms with van der Waals surface area (Å²) in [6.45, 7) is 0.731. The molecule has 2 N–H and O–H groups in total. The molecule has 0 aromatic rings. The topological polar surface area (TPSA) is 66.4 Å². The second-order valence-electron chi connectivity index (χ2n) is 5.92. The Morgan fingerprint density at radius 2 is 1.78 bits per heavy atom. The third-order valence-electron chi connectivity index (χ3n) is 4.58. The molecule has 4 heteroatoms. The van der Waals surface area contributed by atoms with E-state index in [4.69, 9.17) is 5.11 Å². The van der Waals surface area contributed by atoms with E-state index in [1.54, 1.807) is 0 Å². The van der Waals surface area contributed by atoms with Crippen LogP contribution in [-0.2, 0) is 9.59 Å². The highest BCUT2D eigenvalue weighted by Gasteiger charge is 2.45. The molecule has 0 atom stereocenters. The van der Waals surface area contributed by atoms with Crippen LogP contribution >= 0.6 is 0 Å². The van der Waals surface area contributed by atoms with Gasteiger partial charge in [-0.3, -0.25) is 9.59 Å². The van der Waals surface area contributed by atoms with Crippen molar-refractivity contribution in [2.75, 3.05) is 6.54 Å². The molecule has 4 nitrogen and oxygen atoms in total. The molecule has 0 saturated heterocycles. The Kier molecular flexibility index (Phi) is 4.25. The van der Waals surface area contributed by atoms with Crippen molar-refractivity contribution in [2.24, 2.45) is 11.3 Å². The van der Waals surface area contributed by atoms with Crippen LogP contribution in [0.5, 0.6) is 0 Å². The van der Waals surface area contributed by atoms with Gasteiger partial charge in [0.25, 0.3) is 0 Å². The van der Waals surface area contributed by atoms with Crippen LogP contribution in [0, 0.1) is 11.3 Å². The minimum atomic E-state index is -0.804. The van der Waals surface area contributed by atoms with Crippen molar-refractivity contribution in [3.05, 3.63) is 0 Å². The van der Waals surface area contributed by atoms with Crippen LogP contribution in [0.25, 0.3) is 0 Å². The van der Waals surface area contributed by atoms with Crippen molar-refractivity contribution in [3.63, 3.8) is 0 Å². The van der Waals surface area contributed by atoms with Crippen molar-refractivity contribution in [2.45, 2.75) is 57.8 Å². The molecule has 2 rings (SSSR count). The summed E-state index contributed by atoms with van der Waals surface area (Å²) in [5.41, 5.74) is -0.753. The van der Waals surface area contributed by atoms with Gasteiger partial charge < -0.3 is 10.4 Å². The van der Waals surface area contributed by atoms with Crippen LogP contribution in [0.15, 0.2) is 0 Å². The van der Waals surface area contributed by atoms with Crippen LogP contribution < -0.4 is 5.32 Å². The average molecular weight is 253 g/mol. The number of carbonyl (C=O) groups excluding carboxylic acids is 1. The monoisotopic (exact) mass is 253 g/mol. The second-order valence-corrected chi connectivity index (χ2v) is 5.92. The quantitative estimate of drug-likeness (QED) is 0.790. The highest BCUT2D eigenvalue weighted by atomic mass is 16.4. The lowest BCUT2D eigenvalue weighted by molar-refractivity contribution is -0.157. The standard InChI is InChI=1S/C14H23NO3/c16-12(9-14(13(17)18)7-4-8-14)15-10-11-5-2-1-3-6-11/h11H,1-10H2,(H,15,16)(H,17,18). The van der Waals surface area contributed by atoms with Gasteiger partial charge in [-0.25, -0.2) is 0 Å². The number of carbonyl (C=O) groups is 2. The highest BCUT2D eigenvalue weighted by Crippen LogP contribution is 2.44. The van der Waals surface area contributed by atoms with Gasteiger partial charge in [0.1, 0.15) is 0 Å². The molecule has 18 heavy (non-hydrogen) atoms. The van der Waals surface area contributed by atoms with Crippen molar-refractivity contribution >= 4 is 11.9 Å². The van der Waals surface area contributed by atoms with Gasteiger partial charge >= 0.3 is 5.97 Å².